The molecule has 0 aliphatic carbocycles. The zero-order valence-electron chi connectivity index (χ0n) is 12.1. The molecule has 0 atom stereocenters. The van der Waals surface area contributed by atoms with Crippen LogP contribution in [0.3, 0.4) is 0 Å². The number of H-pyrrole nitrogens is 1. The third-order valence-electron chi connectivity index (χ3n) is 3.65. The van der Waals surface area contributed by atoms with Crippen molar-refractivity contribution >= 4 is 16.8 Å². The lowest BCUT2D eigenvalue weighted by atomic mass is 10.0. The van der Waals surface area contributed by atoms with E-state index in [0.29, 0.717) is 11.3 Å². The van der Waals surface area contributed by atoms with Crippen LogP contribution in [0.15, 0.2) is 53.3 Å². The number of hydrogen-bond acceptors (Lipinski definition) is 2. The number of primary amides is 1. The molecule has 3 rings (SSSR count). The number of alkyl halides is 3. The molecule has 0 unspecified atom stereocenters. The lowest BCUT2D eigenvalue weighted by Crippen LogP contribution is -2.14. The van der Waals surface area contributed by atoms with Crippen molar-refractivity contribution in [3.05, 3.63) is 69.9 Å². The molecular formula is C17H11F3N2O2. The summed E-state index contributed by atoms with van der Waals surface area (Å²) in [5.41, 5.74) is 5.24. The number of hydrogen-bond donors (Lipinski definition) is 2. The van der Waals surface area contributed by atoms with Crippen LogP contribution in [0, 0.1) is 0 Å². The zero-order chi connectivity index (χ0) is 17.5. The Bertz CT molecular complexity index is 989. The molecule has 3 aromatic rings. The SMILES string of the molecule is NC(=O)c1cccc2c(=O)cc(-c3ccc(C(F)(F)F)cc3)[nH]c12. The predicted octanol–water partition coefficient (Wildman–Crippen LogP) is 3.31. The normalized spacial score (nSPS) is 11.6. The fourth-order valence-electron chi connectivity index (χ4n) is 2.47. The van der Waals surface area contributed by atoms with Gasteiger partial charge in [0.05, 0.1) is 16.6 Å². The Labute approximate surface area is 133 Å². The summed E-state index contributed by atoms with van der Waals surface area (Å²) in [7, 11) is 0. The summed E-state index contributed by atoms with van der Waals surface area (Å²) >= 11 is 0. The molecule has 0 saturated heterocycles. The highest BCUT2D eigenvalue weighted by atomic mass is 19.4. The van der Waals surface area contributed by atoms with Crippen molar-refractivity contribution in [3.63, 3.8) is 0 Å². The minimum atomic E-state index is -4.44. The van der Waals surface area contributed by atoms with Crippen LogP contribution in [0.2, 0.25) is 0 Å². The highest BCUT2D eigenvalue weighted by Gasteiger charge is 2.30. The van der Waals surface area contributed by atoms with Gasteiger partial charge in [0, 0.05) is 17.1 Å². The number of rotatable bonds is 2. The quantitative estimate of drug-likeness (QED) is 0.755. The molecule has 0 aliphatic rings. The molecule has 24 heavy (non-hydrogen) atoms. The van der Waals surface area contributed by atoms with Crippen molar-refractivity contribution in [2.24, 2.45) is 5.73 Å². The van der Waals surface area contributed by atoms with Crippen LogP contribution in [0.5, 0.6) is 0 Å². The second-order valence-electron chi connectivity index (χ2n) is 5.21. The van der Waals surface area contributed by atoms with E-state index in [1.807, 2.05) is 0 Å². The highest BCUT2D eigenvalue weighted by molar-refractivity contribution is 6.05. The first kappa shape index (κ1) is 15.8. The Hall–Kier alpha value is -3.09. The monoisotopic (exact) mass is 332 g/mol. The number of nitrogens with one attached hydrogen (secondary N) is 1. The van der Waals surface area contributed by atoms with Gasteiger partial charge in [-0.2, -0.15) is 13.2 Å². The number of carbonyl (C=O) groups is 1. The number of carbonyl (C=O) groups excluding carboxylic acids is 1. The fraction of sp³-hybridized carbons (Fsp3) is 0.0588. The van der Waals surface area contributed by atoms with E-state index in [9.17, 15) is 22.8 Å². The number of benzene rings is 2. The molecule has 0 saturated carbocycles. The third kappa shape index (κ3) is 2.76. The van der Waals surface area contributed by atoms with E-state index in [2.05, 4.69) is 4.98 Å². The number of fused-ring (bicyclic) bond motifs is 1. The van der Waals surface area contributed by atoms with E-state index in [-0.39, 0.29) is 21.9 Å². The van der Waals surface area contributed by atoms with Crippen LogP contribution in [0.1, 0.15) is 15.9 Å². The summed E-state index contributed by atoms with van der Waals surface area (Å²) in [5.74, 6) is -0.708. The van der Waals surface area contributed by atoms with Gasteiger partial charge in [-0.3, -0.25) is 9.59 Å². The number of amides is 1. The molecule has 0 radical (unpaired) electrons. The van der Waals surface area contributed by atoms with Crippen LogP contribution < -0.4 is 11.2 Å². The standard InChI is InChI=1S/C17H11F3N2O2/c18-17(19,20)10-6-4-9(5-7-10)13-8-14(23)11-2-1-3-12(16(21)24)15(11)22-13/h1-8H,(H2,21,24)(H,22,23). The average molecular weight is 332 g/mol. The van der Waals surface area contributed by atoms with Crippen LogP contribution >= 0.6 is 0 Å². The van der Waals surface area contributed by atoms with Gasteiger partial charge in [0.15, 0.2) is 5.43 Å². The summed E-state index contributed by atoms with van der Waals surface area (Å²) in [5, 5.41) is 0.280. The van der Waals surface area contributed by atoms with E-state index in [4.69, 9.17) is 5.73 Å². The maximum absolute atomic E-state index is 12.6. The number of pyridine rings is 1. The Morgan fingerprint density at radius 3 is 2.29 bits per heavy atom. The molecule has 122 valence electrons. The maximum Gasteiger partial charge on any atom is 0.416 e. The number of para-hydroxylation sites is 1. The van der Waals surface area contributed by atoms with E-state index < -0.39 is 17.6 Å². The predicted molar refractivity (Wildman–Crippen MR) is 83.5 cm³/mol. The van der Waals surface area contributed by atoms with Crippen molar-refractivity contribution in [1.29, 1.82) is 0 Å². The van der Waals surface area contributed by atoms with Gasteiger partial charge in [0.25, 0.3) is 5.91 Å². The van der Waals surface area contributed by atoms with Gasteiger partial charge in [-0.25, -0.2) is 0 Å². The van der Waals surface area contributed by atoms with Crippen molar-refractivity contribution in [2.75, 3.05) is 0 Å². The smallest absolute Gasteiger partial charge is 0.366 e. The molecule has 2 aromatic carbocycles. The summed E-state index contributed by atoms with van der Waals surface area (Å²) in [6.45, 7) is 0. The van der Waals surface area contributed by atoms with Crippen molar-refractivity contribution in [3.8, 4) is 11.3 Å². The second-order valence-corrected chi connectivity index (χ2v) is 5.21. The third-order valence-corrected chi connectivity index (χ3v) is 3.65. The number of halogens is 3. The Morgan fingerprint density at radius 1 is 1.04 bits per heavy atom. The fourth-order valence-corrected chi connectivity index (χ4v) is 2.47. The molecule has 1 amide bonds. The minimum Gasteiger partial charge on any atom is -0.366 e. The Morgan fingerprint density at radius 2 is 1.71 bits per heavy atom. The molecule has 0 bridgehead atoms. The largest absolute Gasteiger partial charge is 0.416 e. The Kier molecular flexibility index (Phi) is 3.63. The van der Waals surface area contributed by atoms with Crippen molar-refractivity contribution < 1.29 is 18.0 Å². The summed E-state index contributed by atoms with van der Waals surface area (Å²) in [6, 6.07) is 10.2. The van der Waals surface area contributed by atoms with E-state index in [1.165, 1.54) is 36.4 Å². The van der Waals surface area contributed by atoms with E-state index in [1.54, 1.807) is 0 Å². The molecular weight excluding hydrogens is 321 g/mol. The minimum absolute atomic E-state index is 0.137. The number of aromatic amines is 1. The molecule has 7 heteroatoms. The Balaban J connectivity index is 2.19. The van der Waals surface area contributed by atoms with Gasteiger partial charge in [-0.1, -0.05) is 18.2 Å². The molecule has 1 aromatic heterocycles. The van der Waals surface area contributed by atoms with Gasteiger partial charge in [-0.15, -0.1) is 0 Å². The topological polar surface area (TPSA) is 76.0 Å². The first-order valence-corrected chi connectivity index (χ1v) is 6.91. The molecule has 0 aliphatic heterocycles. The number of aromatic nitrogens is 1. The first-order chi connectivity index (χ1) is 11.3. The molecule has 0 fully saturated rings. The lowest BCUT2D eigenvalue weighted by molar-refractivity contribution is -0.137. The van der Waals surface area contributed by atoms with Crippen molar-refractivity contribution in [1.82, 2.24) is 4.98 Å². The van der Waals surface area contributed by atoms with Gasteiger partial charge < -0.3 is 10.7 Å². The van der Waals surface area contributed by atoms with E-state index in [0.717, 1.165) is 12.1 Å². The van der Waals surface area contributed by atoms with Crippen LogP contribution in [-0.2, 0) is 6.18 Å². The first-order valence-electron chi connectivity index (χ1n) is 6.91. The maximum atomic E-state index is 12.6. The second kappa shape index (κ2) is 5.52. The molecule has 1 heterocycles. The van der Waals surface area contributed by atoms with E-state index >= 15 is 0 Å². The summed E-state index contributed by atoms with van der Waals surface area (Å²) < 4.78 is 37.9. The van der Waals surface area contributed by atoms with Gasteiger partial charge in [0.1, 0.15) is 0 Å². The average Bonchev–Trinajstić information content (AvgIpc) is 2.53. The lowest BCUT2D eigenvalue weighted by Gasteiger charge is -2.09. The van der Waals surface area contributed by atoms with Crippen molar-refractivity contribution in [2.45, 2.75) is 6.18 Å². The molecule has 0 spiro atoms. The highest BCUT2D eigenvalue weighted by Crippen LogP contribution is 2.30. The summed E-state index contributed by atoms with van der Waals surface area (Å²) in [6.07, 6.45) is -4.44. The number of nitrogens with two attached hydrogens (primary N) is 1. The van der Waals surface area contributed by atoms with Crippen LogP contribution in [-0.4, -0.2) is 10.9 Å². The summed E-state index contributed by atoms with van der Waals surface area (Å²) in [4.78, 5) is 26.6. The van der Waals surface area contributed by atoms with Gasteiger partial charge in [-0.05, 0) is 29.8 Å². The molecule has 4 nitrogen and oxygen atoms in total. The van der Waals surface area contributed by atoms with Crippen LogP contribution in [0.4, 0.5) is 13.2 Å². The zero-order valence-corrected chi connectivity index (χ0v) is 12.1. The van der Waals surface area contributed by atoms with Gasteiger partial charge in [0.2, 0.25) is 0 Å². The van der Waals surface area contributed by atoms with Crippen LogP contribution in [0.25, 0.3) is 22.2 Å². The van der Waals surface area contributed by atoms with Gasteiger partial charge >= 0.3 is 6.18 Å². The molecule has 3 N–H and O–H groups in total.